The first-order valence-electron chi connectivity index (χ1n) is 14.5. The topological polar surface area (TPSA) is 106 Å². The van der Waals surface area contributed by atoms with Gasteiger partial charge in [0.15, 0.2) is 0 Å². The Morgan fingerprint density at radius 1 is 1.10 bits per heavy atom. The van der Waals surface area contributed by atoms with Gasteiger partial charge in [-0.2, -0.15) is 0 Å². The first kappa shape index (κ1) is 27.7. The molecule has 1 N–H and O–H groups in total. The quantitative estimate of drug-likeness (QED) is 0.287. The number of hydrogen-bond donors (Lipinski definition) is 1. The number of amides is 1. The zero-order chi connectivity index (χ0) is 27.8. The molecular formula is C31H42N2O6. The molecule has 0 bridgehead atoms. The van der Waals surface area contributed by atoms with Crippen molar-refractivity contribution in [1.82, 2.24) is 4.90 Å². The Morgan fingerprint density at radius 3 is 2.62 bits per heavy atom. The van der Waals surface area contributed by atoms with Gasteiger partial charge < -0.3 is 19.6 Å². The van der Waals surface area contributed by atoms with Crippen molar-refractivity contribution >= 4 is 23.6 Å². The largest absolute Gasteiger partial charge is 0.462 e. The molecular weight excluding hydrogens is 496 g/mol. The summed E-state index contributed by atoms with van der Waals surface area (Å²) in [5.74, 6) is 1.37. The minimum Gasteiger partial charge on any atom is -0.462 e. The molecule has 0 radical (unpaired) electrons. The summed E-state index contributed by atoms with van der Waals surface area (Å²) in [5.41, 5.74) is 1.47. The third-order valence-corrected chi connectivity index (χ3v) is 10.7. The molecule has 7 atom stereocenters. The van der Waals surface area contributed by atoms with Gasteiger partial charge in [-0.05, 0) is 73.7 Å². The normalized spacial score (nSPS) is 36.4. The van der Waals surface area contributed by atoms with Crippen LogP contribution in [0.1, 0.15) is 77.2 Å². The molecule has 4 aliphatic rings. The molecule has 0 spiro atoms. The van der Waals surface area contributed by atoms with Crippen molar-refractivity contribution in [1.29, 1.82) is 0 Å². The average molecular weight is 539 g/mol. The number of esters is 1. The molecule has 0 saturated heterocycles. The van der Waals surface area contributed by atoms with Crippen molar-refractivity contribution in [2.24, 2.45) is 39.7 Å². The Bertz CT molecular complexity index is 1120. The van der Waals surface area contributed by atoms with Gasteiger partial charge in [-0.3, -0.25) is 9.59 Å². The Balaban J connectivity index is 1.14. The van der Waals surface area contributed by atoms with Gasteiger partial charge in [0.25, 0.3) is 0 Å². The summed E-state index contributed by atoms with van der Waals surface area (Å²) in [4.78, 5) is 39.1. The summed E-state index contributed by atoms with van der Waals surface area (Å²) >= 11 is 0. The number of carbonyl (C=O) groups is 3. The number of benzene rings is 1. The standard InChI is InChI=1S/C31H42N2O6/c1-30-14-11-21(39-28(35)13-16-33(3)29(36)38-19-20-7-5-4-6-8-20)17-25(30)26(32-37)18-22-23-9-10-27(34)31(23,2)15-12-24(22)30/h4-8,21-25,37H,9-19H2,1-3H3/b32-26+/t21?,22-,23-,24-,25+,30+,31-/m0/s1. The monoisotopic (exact) mass is 538 g/mol. The molecule has 0 aromatic heterocycles. The van der Waals surface area contributed by atoms with Crippen LogP contribution in [0.2, 0.25) is 0 Å². The summed E-state index contributed by atoms with van der Waals surface area (Å²) in [6.07, 6.45) is 6.04. The Hall–Kier alpha value is -2.90. The lowest BCUT2D eigenvalue weighted by molar-refractivity contribution is -0.156. The summed E-state index contributed by atoms with van der Waals surface area (Å²) in [6.45, 7) is 4.88. The maximum Gasteiger partial charge on any atom is 0.409 e. The van der Waals surface area contributed by atoms with Gasteiger partial charge in [-0.25, -0.2) is 4.79 Å². The zero-order valence-corrected chi connectivity index (χ0v) is 23.4. The molecule has 39 heavy (non-hydrogen) atoms. The molecule has 8 nitrogen and oxygen atoms in total. The van der Waals surface area contributed by atoms with Gasteiger partial charge in [-0.15, -0.1) is 0 Å². The van der Waals surface area contributed by atoms with E-state index < -0.39 is 6.09 Å². The van der Waals surface area contributed by atoms with Crippen molar-refractivity contribution in [2.45, 2.75) is 84.3 Å². The third-order valence-electron chi connectivity index (χ3n) is 10.7. The predicted octanol–water partition coefficient (Wildman–Crippen LogP) is 5.61. The van der Waals surface area contributed by atoms with Gasteiger partial charge in [0.2, 0.25) is 0 Å². The lowest BCUT2D eigenvalue weighted by atomic mass is 9.44. The van der Waals surface area contributed by atoms with E-state index in [2.05, 4.69) is 19.0 Å². The van der Waals surface area contributed by atoms with Crippen LogP contribution in [0.4, 0.5) is 4.79 Å². The van der Waals surface area contributed by atoms with E-state index in [1.165, 1.54) is 4.90 Å². The van der Waals surface area contributed by atoms with Crippen LogP contribution in [0.25, 0.3) is 0 Å². The number of Topliss-reactive ketones (excluding diaryl/α,β-unsaturated/α-hetero) is 1. The Labute approximate surface area is 231 Å². The van der Waals surface area contributed by atoms with E-state index in [1.54, 1.807) is 7.05 Å². The number of ketones is 1. The van der Waals surface area contributed by atoms with Crippen LogP contribution in [0.5, 0.6) is 0 Å². The molecule has 0 heterocycles. The molecule has 212 valence electrons. The maximum atomic E-state index is 12.7. The molecule has 1 aromatic carbocycles. The summed E-state index contributed by atoms with van der Waals surface area (Å²) < 4.78 is 11.2. The second kappa shape index (κ2) is 10.9. The van der Waals surface area contributed by atoms with Gasteiger partial charge in [0, 0.05) is 31.3 Å². The van der Waals surface area contributed by atoms with Crippen molar-refractivity contribution in [3.63, 3.8) is 0 Å². The number of ether oxygens (including phenoxy) is 2. The molecule has 5 rings (SSSR count). The van der Waals surface area contributed by atoms with Gasteiger partial charge >= 0.3 is 12.1 Å². The van der Waals surface area contributed by atoms with E-state index in [0.29, 0.717) is 36.4 Å². The molecule has 4 saturated carbocycles. The highest BCUT2D eigenvalue weighted by atomic mass is 16.6. The fraction of sp³-hybridized carbons (Fsp3) is 0.677. The van der Waals surface area contributed by atoms with Gasteiger partial charge in [0.1, 0.15) is 18.5 Å². The summed E-state index contributed by atoms with van der Waals surface area (Å²) in [5, 5.41) is 13.8. The molecule has 4 fully saturated rings. The average Bonchev–Trinajstić information content (AvgIpc) is 3.25. The van der Waals surface area contributed by atoms with Crippen molar-refractivity contribution in [3.8, 4) is 0 Å². The van der Waals surface area contributed by atoms with Crippen LogP contribution in [0.3, 0.4) is 0 Å². The first-order chi connectivity index (χ1) is 18.7. The minimum atomic E-state index is -0.479. The van der Waals surface area contributed by atoms with Crippen molar-refractivity contribution in [2.75, 3.05) is 13.6 Å². The van der Waals surface area contributed by atoms with Crippen LogP contribution in [0.15, 0.2) is 35.5 Å². The number of rotatable bonds is 6. The SMILES string of the molecule is CN(CCC(=O)OC1CC[C@@]2(C)[C@H](C1)/C(=N/O)C[C@@H]1[C@@H]2CC[C@]2(C)C(=O)CC[C@@H]12)C(=O)OCc1ccccc1. The van der Waals surface area contributed by atoms with Gasteiger partial charge in [0.05, 0.1) is 12.1 Å². The third kappa shape index (κ3) is 5.19. The molecule has 1 amide bonds. The minimum absolute atomic E-state index is 0.0247. The predicted molar refractivity (Wildman–Crippen MR) is 145 cm³/mol. The van der Waals surface area contributed by atoms with Crippen LogP contribution in [-0.4, -0.2) is 53.4 Å². The highest BCUT2D eigenvalue weighted by molar-refractivity contribution is 5.90. The number of carbonyl (C=O) groups excluding carboxylic acids is 3. The number of fused-ring (bicyclic) bond motifs is 5. The fourth-order valence-corrected chi connectivity index (χ4v) is 8.44. The highest BCUT2D eigenvalue weighted by Crippen LogP contribution is 2.65. The van der Waals surface area contributed by atoms with E-state index in [0.717, 1.165) is 49.8 Å². The van der Waals surface area contributed by atoms with Crippen molar-refractivity contribution in [3.05, 3.63) is 35.9 Å². The fourth-order valence-electron chi connectivity index (χ4n) is 8.44. The van der Waals surface area contributed by atoms with Crippen LogP contribution in [-0.2, 0) is 25.7 Å². The van der Waals surface area contributed by atoms with Gasteiger partial charge in [-0.1, -0.05) is 49.3 Å². The van der Waals surface area contributed by atoms with E-state index in [4.69, 9.17) is 9.47 Å². The maximum absolute atomic E-state index is 12.7. The number of oxime groups is 1. The molecule has 8 heteroatoms. The smallest absolute Gasteiger partial charge is 0.409 e. The lowest BCUT2D eigenvalue weighted by Gasteiger charge is -2.60. The lowest BCUT2D eigenvalue weighted by Crippen LogP contribution is -2.57. The van der Waals surface area contributed by atoms with E-state index in [9.17, 15) is 19.6 Å². The van der Waals surface area contributed by atoms with E-state index in [1.807, 2.05) is 30.3 Å². The summed E-state index contributed by atoms with van der Waals surface area (Å²) in [6, 6.07) is 9.46. The second-order valence-corrected chi connectivity index (χ2v) is 12.7. The zero-order valence-electron chi connectivity index (χ0n) is 23.4. The first-order valence-corrected chi connectivity index (χ1v) is 14.5. The van der Waals surface area contributed by atoms with E-state index in [-0.39, 0.29) is 48.4 Å². The molecule has 1 unspecified atom stereocenters. The van der Waals surface area contributed by atoms with Crippen LogP contribution >= 0.6 is 0 Å². The molecule has 0 aliphatic heterocycles. The van der Waals surface area contributed by atoms with E-state index >= 15 is 0 Å². The summed E-state index contributed by atoms with van der Waals surface area (Å²) in [7, 11) is 1.61. The van der Waals surface area contributed by atoms with Crippen LogP contribution in [0, 0.1) is 34.5 Å². The molecule has 1 aromatic rings. The number of nitrogens with zero attached hydrogens (tertiary/aromatic N) is 2. The molecule has 4 aliphatic carbocycles. The Morgan fingerprint density at radius 2 is 1.87 bits per heavy atom. The Kier molecular flexibility index (Phi) is 7.75. The van der Waals surface area contributed by atoms with Crippen LogP contribution < -0.4 is 0 Å². The number of hydrogen-bond acceptors (Lipinski definition) is 7. The second-order valence-electron chi connectivity index (χ2n) is 12.7. The highest BCUT2D eigenvalue weighted by Gasteiger charge is 2.62. The van der Waals surface area contributed by atoms with Crippen molar-refractivity contribution < 1.29 is 29.1 Å².